The van der Waals surface area contributed by atoms with Crippen LogP contribution < -0.4 is 20.7 Å². The molecule has 11 nitrogen and oxygen atoms in total. The van der Waals surface area contributed by atoms with Crippen LogP contribution in [0.3, 0.4) is 0 Å². The minimum atomic E-state index is -1.26. The predicted molar refractivity (Wildman–Crippen MR) is 155 cm³/mol. The summed E-state index contributed by atoms with van der Waals surface area (Å²) in [5, 5.41) is 17.2. The lowest BCUT2D eigenvalue weighted by Crippen LogP contribution is -2.44. The molecule has 1 saturated heterocycles. The second-order valence-electron chi connectivity index (χ2n) is 9.82. The van der Waals surface area contributed by atoms with Crippen LogP contribution in [0.5, 0.6) is 5.75 Å². The van der Waals surface area contributed by atoms with E-state index in [4.69, 9.17) is 21.6 Å². The zero-order valence-electron chi connectivity index (χ0n) is 23.5. The summed E-state index contributed by atoms with van der Waals surface area (Å²) < 4.78 is 35.4. The van der Waals surface area contributed by atoms with Gasteiger partial charge in [-0.05, 0) is 50.2 Å². The summed E-state index contributed by atoms with van der Waals surface area (Å²) in [6.07, 6.45) is 2.32. The third-order valence-electron chi connectivity index (χ3n) is 7.09. The summed E-state index contributed by atoms with van der Waals surface area (Å²) in [5.41, 5.74) is 0.534. The summed E-state index contributed by atoms with van der Waals surface area (Å²) in [5.74, 6) is -4.06. The van der Waals surface area contributed by atoms with Gasteiger partial charge in [-0.1, -0.05) is 11.6 Å². The van der Waals surface area contributed by atoms with Gasteiger partial charge in [-0.15, -0.1) is 0 Å². The highest BCUT2D eigenvalue weighted by Crippen LogP contribution is 2.31. The molecule has 4 rings (SSSR count). The van der Waals surface area contributed by atoms with E-state index < -0.39 is 29.9 Å². The molecule has 14 heteroatoms. The van der Waals surface area contributed by atoms with E-state index in [9.17, 15) is 23.2 Å². The van der Waals surface area contributed by atoms with Gasteiger partial charge in [0.1, 0.15) is 6.07 Å². The molecule has 0 saturated carbocycles. The topological polar surface area (TPSA) is 141 Å². The van der Waals surface area contributed by atoms with Crippen molar-refractivity contribution in [1.29, 1.82) is 5.26 Å². The Labute approximate surface area is 251 Å². The van der Waals surface area contributed by atoms with Crippen LogP contribution >= 0.6 is 11.6 Å². The second-order valence-corrected chi connectivity index (χ2v) is 10.2. The molecule has 2 aromatic carbocycles. The van der Waals surface area contributed by atoms with Crippen molar-refractivity contribution in [3.05, 3.63) is 64.6 Å². The Morgan fingerprint density at radius 3 is 2.56 bits per heavy atom. The van der Waals surface area contributed by atoms with Gasteiger partial charge in [0.25, 0.3) is 11.8 Å². The van der Waals surface area contributed by atoms with Crippen molar-refractivity contribution in [2.24, 2.45) is 13.0 Å². The van der Waals surface area contributed by atoms with Gasteiger partial charge in [0, 0.05) is 50.4 Å². The number of rotatable bonds is 10. The first-order valence-electron chi connectivity index (χ1n) is 13.5. The number of carbonyl (C=O) groups excluding carboxylic acids is 3. The molecule has 43 heavy (non-hydrogen) atoms. The molecule has 1 aliphatic rings. The van der Waals surface area contributed by atoms with Gasteiger partial charge in [-0.3, -0.25) is 14.4 Å². The number of likely N-dealkylation sites (tertiary alicyclic amines) is 1. The molecule has 0 bridgehead atoms. The molecule has 1 fully saturated rings. The van der Waals surface area contributed by atoms with Crippen molar-refractivity contribution in [2.75, 3.05) is 45.2 Å². The van der Waals surface area contributed by atoms with Crippen LogP contribution in [0.4, 0.5) is 14.5 Å². The average molecular weight is 614 g/mol. The first-order chi connectivity index (χ1) is 20.7. The van der Waals surface area contributed by atoms with Gasteiger partial charge in [-0.25, -0.2) is 9.37 Å². The summed E-state index contributed by atoms with van der Waals surface area (Å²) in [6.45, 7) is 1.61. The van der Waals surface area contributed by atoms with Crippen LogP contribution in [-0.2, 0) is 11.8 Å². The highest BCUT2D eigenvalue weighted by molar-refractivity contribution is 6.34. The highest BCUT2D eigenvalue weighted by atomic mass is 35.5. The van der Waals surface area contributed by atoms with Crippen molar-refractivity contribution < 1.29 is 27.9 Å². The zero-order chi connectivity index (χ0) is 31.1. The third kappa shape index (κ3) is 7.10. The second kappa shape index (κ2) is 14.1. The number of amides is 3. The smallest absolute Gasteiger partial charge is 0.291 e. The van der Waals surface area contributed by atoms with Crippen LogP contribution in [0.25, 0.3) is 11.3 Å². The summed E-state index contributed by atoms with van der Waals surface area (Å²) in [4.78, 5) is 44.1. The SMILES string of the molecule is CNCCNC(=O)C1CCN(C(=O)c2ccc(NC(=O)c3ncc(-c4ccc(OCC#N)c(F)c4F)n3C)cc2Cl)CC1. The number of hydrogen-bond donors (Lipinski definition) is 3. The number of nitrogens with zero attached hydrogens (tertiary/aromatic N) is 4. The van der Waals surface area contributed by atoms with Crippen molar-refractivity contribution in [1.82, 2.24) is 25.1 Å². The fourth-order valence-electron chi connectivity index (χ4n) is 4.75. The molecule has 3 N–H and O–H groups in total. The number of anilines is 1. The quantitative estimate of drug-likeness (QED) is 0.298. The van der Waals surface area contributed by atoms with Crippen LogP contribution in [0.1, 0.15) is 33.8 Å². The van der Waals surface area contributed by atoms with Crippen LogP contribution in [0, 0.1) is 28.9 Å². The van der Waals surface area contributed by atoms with E-state index in [1.54, 1.807) is 11.0 Å². The number of carbonyl (C=O) groups is 3. The lowest BCUT2D eigenvalue weighted by atomic mass is 9.95. The number of nitriles is 1. The van der Waals surface area contributed by atoms with E-state index in [-0.39, 0.29) is 45.4 Å². The molecule has 0 spiro atoms. The number of likely N-dealkylation sites (N-methyl/N-ethyl adjacent to an activating group) is 1. The fraction of sp³-hybridized carbons (Fsp3) is 0.345. The Bertz CT molecular complexity index is 1560. The average Bonchev–Trinajstić information content (AvgIpc) is 3.38. The summed E-state index contributed by atoms with van der Waals surface area (Å²) in [6, 6.07) is 8.61. The maximum Gasteiger partial charge on any atom is 0.291 e. The van der Waals surface area contributed by atoms with E-state index in [1.165, 1.54) is 48.1 Å². The highest BCUT2D eigenvalue weighted by Gasteiger charge is 2.29. The predicted octanol–water partition coefficient (Wildman–Crippen LogP) is 3.36. The number of nitrogens with one attached hydrogen (secondary N) is 3. The van der Waals surface area contributed by atoms with Crippen molar-refractivity contribution >= 4 is 35.0 Å². The summed E-state index contributed by atoms with van der Waals surface area (Å²) in [7, 11) is 3.28. The van der Waals surface area contributed by atoms with E-state index >= 15 is 0 Å². The number of benzene rings is 2. The first kappa shape index (κ1) is 31.4. The van der Waals surface area contributed by atoms with Gasteiger partial charge in [0.15, 0.2) is 24.0 Å². The number of aromatic nitrogens is 2. The van der Waals surface area contributed by atoms with E-state index in [2.05, 4.69) is 20.9 Å². The fourth-order valence-corrected chi connectivity index (χ4v) is 5.01. The van der Waals surface area contributed by atoms with Crippen molar-refractivity contribution in [3.63, 3.8) is 0 Å². The van der Waals surface area contributed by atoms with Crippen molar-refractivity contribution in [2.45, 2.75) is 12.8 Å². The molecule has 0 aliphatic carbocycles. The largest absolute Gasteiger partial charge is 0.476 e. The molecule has 1 aromatic heterocycles. The number of halogens is 3. The Kier molecular flexibility index (Phi) is 10.3. The van der Waals surface area contributed by atoms with Crippen LogP contribution in [0.2, 0.25) is 5.02 Å². The van der Waals surface area contributed by atoms with E-state index in [1.807, 2.05) is 7.05 Å². The molecule has 3 amide bonds. The zero-order valence-corrected chi connectivity index (χ0v) is 24.3. The minimum Gasteiger partial charge on any atom is -0.476 e. The van der Waals surface area contributed by atoms with E-state index in [0.29, 0.717) is 44.7 Å². The molecular weight excluding hydrogens is 584 g/mol. The molecule has 226 valence electrons. The molecule has 0 atom stereocenters. The number of piperidine rings is 1. The summed E-state index contributed by atoms with van der Waals surface area (Å²) >= 11 is 6.42. The lowest BCUT2D eigenvalue weighted by molar-refractivity contribution is -0.126. The van der Waals surface area contributed by atoms with Crippen molar-refractivity contribution in [3.8, 4) is 23.1 Å². The molecule has 0 radical (unpaired) electrons. The monoisotopic (exact) mass is 613 g/mol. The van der Waals surface area contributed by atoms with Gasteiger partial charge in [-0.2, -0.15) is 9.65 Å². The van der Waals surface area contributed by atoms with Gasteiger partial charge >= 0.3 is 0 Å². The lowest BCUT2D eigenvalue weighted by Gasteiger charge is -2.31. The maximum absolute atomic E-state index is 14.8. The maximum atomic E-state index is 14.8. The third-order valence-corrected chi connectivity index (χ3v) is 7.40. The van der Waals surface area contributed by atoms with E-state index in [0.717, 1.165) is 0 Å². The number of imidazole rings is 1. The van der Waals surface area contributed by atoms with Crippen LogP contribution in [-0.4, -0.2) is 72.0 Å². The normalized spacial score (nSPS) is 13.3. The van der Waals surface area contributed by atoms with Gasteiger partial charge < -0.3 is 30.2 Å². The minimum absolute atomic E-state index is 0.0166. The standard InChI is InChI=1S/C29H30ClF2N7O4/c1-34-10-11-35-27(40)17-7-12-39(13-8-17)29(42)19-4-3-18(15-21(19)30)37-28(41)26-36-16-22(38(26)2)20-5-6-23(43-14-9-33)25(32)24(20)31/h3-6,15-17,34H,7-8,10-14H2,1-2H3,(H,35,40)(H,37,41). The van der Waals surface area contributed by atoms with Gasteiger partial charge in [0.2, 0.25) is 11.7 Å². The van der Waals surface area contributed by atoms with Gasteiger partial charge in [0.05, 0.1) is 22.5 Å². The Morgan fingerprint density at radius 2 is 1.88 bits per heavy atom. The molecule has 3 aromatic rings. The van der Waals surface area contributed by atoms with Crippen LogP contribution in [0.15, 0.2) is 36.5 Å². The number of hydrogen-bond acceptors (Lipinski definition) is 7. The Morgan fingerprint density at radius 1 is 1.14 bits per heavy atom. The number of ether oxygens (including phenoxy) is 1. The first-order valence-corrected chi connectivity index (χ1v) is 13.9. The Balaban J connectivity index is 1.40. The molecule has 2 heterocycles. The Hall–Kier alpha value is -4.54. The molecular formula is C29H30ClF2N7O4. The molecule has 0 unspecified atom stereocenters. The molecule has 1 aliphatic heterocycles.